The van der Waals surface area contributed by atoms with Crippen LogP contribution in [0.25, 0.3) is 0 Å². The number of amides is 1. The fourth-order valence-corrected chi connectivity index (χ4v) is 2.77. The Hall–Kier alpha value is -3.81. The highest BCUT2D eigenvalue weighted by Gasteiger charge is 2.38. The first-order valence-corrected chi connectivity index (χ1v) is 8.93. The van der Waals surface area contributed by atoms with Crippen molar-refractivity contribution in [1.82, 2.24) is 10.1 Å². The molecule has 2 N–H and O–H groups in total. The van der Waals surface area contributed by atoms with Gasteiger partial charge >= 0.3 is 12.5 Å². The number of ether oxygens (including phenoxy) is 2. The van der Waals surface area contributed by atoms with Crippen LogP contribution in [0, 0.1) is 4.91 Å². The second-order valence-electron chi connectivity index (χ2n) is 6.10. The van der Waals surface area contributed by atoms with Crippen molar-refractivity contribution in [2.45, 2.75) is 12.5 Å². The van der Waals surface area contributed by atoms with Crippen molar-refractivity contribution in [3.05, 3.63) is 70.1 Å². The molecule has 0 unspecified atom stereocenters. The number of pyridine rings is 1. The number of anilines is 1. The number of hydrogen-bond donors (Lipinski definition) is 2. The van der Waals surface area contributed by atoms with Crippen LogP contribution in [0.3, 0.4) is 0 Å². The minimum absolute atomic E-state index is 0.00754. The van der Waals surface area contributed by atoms with Crippen LogP contribution in [-0.2, 0) is 6.18 Å². The number of nitrogens with zero attached hydrogens (tertiary/aromatic N) is 2. The lowest BCUT2D eigenvalue weighted by atomic mass is 10.1. The summed E-state index contributed by atoms with van der Waals surface area (Å²) < 4.78 is 85.9. The van der Waals surface area contributed by atoms with Gasteiger partial charge in [0.1, 0.15) is 17.1 Å². The van der Waals surface area contributed by atoms with Crippen molar-refractivity contribution in [2.75, 3.05) is 5.32 Å². The second-order valence-corrected chi connectivity index (χ2v) is 6.48. The predicted octanol–water partition coefficient (Wildman–Crippen LogP) is 4.94. The van der Waals surface area contributed by atoms with Crippen molar-refractivity contribution < 1.29 is 45.2 Å². The number of alkyl halides is 6. The summed E-state index contributed by atoms with van der Waals surface area (Å²) in [5.41, 5.74) is -2.31. The molecule has 0 bridgehead atoms. The van der Waals surface area contributed by atoms with E-state index in [1.165, 1.54) is 0 Å². The van der Waals surface area contributed by atoms with Crippen molar-refractivity contribution >= 4 is 23.2 Å². The number of benzene rings is 1. The van der Waals surface area contributed by atoms with Crippen molar-refractivity contribution in [1.29, 1.82) is 0 Å². The largest absolute Gasteiger partial charge is 0.573 e. The number of aromatic nitrogens is 3. The van der Waals surface area contributed by atoms with E-state index >= 15 is 0 Å². The molecule has 0 spiro atoms. The fraction of sp³-hybridized carbons (Fsp3) is 0.111. The van der Waals surface area contributed by atoms with Crippen LogP contribution in [0.2, 0.25) is 5.02 Å². The Bertz CT molecular complexity index is 1210. The monoisotopic (exact) mass is 495 g/mol. The lowest BCUT2D eigenvalue weighted by molar-refractivity contribution is -0.564. The molecule has 0 aliphatic carbocycles. The number of carbonyl (C=O) groups is 1. The summed E-state index contributed by atoms with van der Waals surface area (Å²) in [4.78, 5) is 26.9. The van der Waals surface area contributed by atoms with E-state index in [-0.39, 0.29) is 16.0 Å². The number of H-pyrrole nitrogens is 1. The topological polar surface area (TPSA) is 99.2 Å². The Balaban J connectivity index is 1.97. The molecule has 15 heteroatoms. The third kappa shape index (κ3) is 6.12. The van der Waals surface area contributed by atoms with Gasteiger partial charge in [0.25, 0.3) is 12.1 Å². The van der Waals surface area contributed by atoms with Gasteiger partial charge in [0.05, 0.1) is 28.0 Å². The molecule has 174 valence electrons. The summed E-state index contributed by atoms with van der Waals surface area (Å²) in [7, 11) is 0. The summed E-state index contributed by atoms with van der Waals surface area (Å²) in [6, 6.07) is 4.97. The molecular formula is C18H10ClF6N4O4+. The van der Waals surface area contributed by atoms with E-state index in [1.54, 1.807) is 0 Å². The van der Waals surface area contributed by atoms with Gasteiger partial charge in [-0.1, -0.05) is 11.6 Å². The Kier molecular flexibility index (Phi) is 6.48. The molecule has 33 heavy (non-hydrogen) atoms. The van der Waals surface area contributed by atoms with E-state index in [4.69, 9.17) is 16.3 Å². The first-order chi connectivity index (χ1) is 15.3. The van der Waals surface area contributed by atoms with Crippen LogP contribution < -0.4 is 19.3 Å². The smallest absolute Gasteiger partial charge is 0.455 e. The zero-order valence-electron chi connectivity index (χ0n) is 15.8. The average molecular weight is 496 g/mol. The molecule has 0 saturated heterocycles. The minimum atomic E-state index is -5.00. The molecule has 2 aromatic heterocycles. The van der Waals surface area contributed by atoms with Crippen LogP contribution in [0.15, 0.2) is 48.9 Å². The summed E-state index contributed by atoms with van der Waals surface area (Å²) in [6.07, 6.45) is -7.31. The highest BCUT2D eigenvalue weighted by molar-refractivity contribution is 6.35. The minimum Gasteiger partial charge on any atom is -0.455 e. The van der Waals surface area contributed by atoms with Gasteiger partial charge in [0.2, 0.25) is 0 Å². The number of hydrogen-bond acceptors (Lipinski definition) is 5. The first-order valence-electron chi connectivity index (χ1n) is 8.55. The number of aromatic amines is 1. The van der Waals surface area contributed by atoms with Crippen molar-refractivity contribution in [2.24, 2.45) is 0 Å². The first kappa shape index (κ1) is 23.8. The average Bonchev–Trinajstić information content (AvgIpc) is 2.69. The number of rotatable bonds is 5. The third-order valence-electron chi connectivity index (χ3n) is 3.76. The number of carbonyl (C=O) groups excluding carboxylic acids is 1. The van der Waals surface area contributed by atoms with E-state index in [0.29, 0.717) is 6.20 Å². The lowest BCUT2D eigenvalue weighted by Gasteiger charge is -2.16. The fourth-order valence-electron chi connectivity index (χ4n) is 2.44. The Morgan fingerprint density at radius 1 is 1.06 bits per heavy atom. The molecule has 0 saturated carbocycles. The van der Waals surface area contributed by atoms with Gasteiger partial charge in [-0.25, -0.2) is 4.98 Å². The van der Waals surface area contributed by atoms with Crippen LogP contribution in [0.1, 0.15) is 16.1 Å². The van der Waals surface area contributed by atoms with Crippen LogP contribution in [0.5, 0.6) is 17.2 Å². The predicted molar refractivity (Wildman–Crippen MR) is 99.6 cm³/mol. The van der Waals surface area contributed by atoms with E-state index in [2.05, 4.69) is 20.1 Å². The SMILES string of the molecule is O=C(Nc1cc[n+](=O)[nH]c1)c1c(Oc2ccc(OC(F)(F)F)cc2)cnc(C(F)(F)F)c1Cl. The molecule has 0 aliphatic heterocycles. The second kappa shape index (κ2) is 8.97. The highest BCUT2D eigenvalue weighted by Crippen LogP contribution is 2.39. The third-order valence-corrected chi connectivity index (χ3v) is 4.13. The van der Waals surface area contributed by atoms with Crippen LogP contribution in [0.4, 0.5) is 32.0 Å². The van der Waals surface area contributed by atoms with Crippen LogP contribution in [-0.4, -0.2) is 22.4 Å². The van der Waals surface area contributed by atoms with Gasteiger partial charge in [-0.2, -0.15) is 13.2 Å². The molecule has 0 fully saturated rings. The maximum Gasteiger partial charge on any atom is 0.573 e. The van der Waals surface area contributed by atoms with E-state index in [9.17, 15) is 36.0 Å². The molecule has 0 radical (unpaired) electrons. The number of halogens is 7. The zero-order valence-corrected chi connectivity index (χ0v) is 16.5. The quantitative estimate of drug-likeness (QED) is 0.386. The molecule has 3 rings (SSSR count). The summed E-state index contributed by atoms with van der Waals surface area (Å²) in [5, 5.41) is 3.34. The van der Waals surface area contributed by atoms with Gasteiger partial charge in [0, 0.05) is 6.07 Å². The summed E-state index contributed by atoms with van der Waals surface area (Å²) >= 11 is 5.82. The van der Waals surface area contributed by atoms with Crippen molar-refractivity contribution in [3.8, 4) is 17.2 Å². The van der Waals surface area contributed by atoms with Gasteiger partial charge in [-0.05, 0) is 24.3 Å². The van der Waals surface area contributed by atoms with E-state index < -0.39 is 46.2 Å². The van der Waals surface area contributed by atoms with Gasteiger partial charge in [0.15, 0.2) is 16.0 Å². The van der Waals surface area contributed by atoms with Gasteiger partial charge in [-0.3, -0.25) is 4.79 Å². The van der Waals surface area contributed by atoms with E-state index in [0.717, 1.165) is 42.7 Å². The summed E-state index contributed by atoms with van der Waals surface area (Å²) in [6.45, 7) is 0. The highest BCUT2D eigenvalue weighted by atomic mass is 35.5. The molecule has 3 aromatic rings. The Labute approximate surface area is 184 Å². The van der Waals surface area contributed by atoms with Gasteiger partial charge in [-0.15, -0.1) is 18.3 Å². The molecule has 1 amide bonds. The molecule has 1 aromatic carbocycles. The molecule has 0 aliphatic rings. The maximum absolute atomic E-state index is 13.2. The van der Waals surface area contributed by atoms with Crippen LogP contribution >= 0.6 is 11.6 Å². The van der Waals surface area contributed by atoms with E-state index in [1.807, 2.05) is 0 Å². The van der Waals surface area contributed by atoms with Crippen molar-refractivity contribution in [3.63, 3.8) is 0 Å². The molecular weight excluding hydrogens is 486 g/mol. The molecule has 8 nitrogen and oxygen atoms in total. The zero-order chi connectivity index (χ0) is 24.4. The normalized spacial score (nSPS) is 11.7. The lowest BCUT2D eigenvalue weighted by Crippen LogP contribution is -2.21. The van der Waals surface area contributed by atoms with Gasteiger partial charge < -0.3 is 14.8 Å². The summed E-state index contributed by atoms with van der Waals surface area (Å²) in [5.74, 6) is -2.39. The maximum atomic E-state index is 13.2. The molecule has 2 heterocycles. The Morgan fingerprint density at radius 3 is 2.24 bits per heavy atom. The number of nitrogens with one attached hydrogen (secondary N) is 2. The Morgan fingerprint density at radius 2 is 1.70 bits per heavy atom. The standard InChI is InChI=1S/C18H9ClF6N4O4/c19-14-13(16(30)28-9-5-6-29(31)27-7-9)12(8-26-15(14)17(20,21)22)32-10-1-3-11(4-2-10)33-18(23,24)25/h1-8H,(H-,26,27,28,30,31)/p+1. The molecule has 0 atom stereocenters.